The van der Waals surface area contributed by atoms with Gasteiger partial charge in [-0.25, -0.2) is 4.39 Å². The molecule has 5 aromatic rings. The SMILES string of the molecule is CO[n+]1ccc(-c2cnn([C@H](CC3CC3)c3ccc(-c4c(-n5cnnn5)ccc(Cl)c4F)c[n+]3OC)c2)cc1. The summed E-state index contributed by atoms with van der Waals surface area (Å²) in [6.45, 7) is 0. The molecule has 4 aromatic heterocycles. The maximum Gasteiger partial charge on any atom is 0.258 e. The molecule has 1 aliphatic carbocycles. The van der Waals surface area contributed by atoms with Crippen molar-refractivity contribution in [3.05, 3.63) is 90.2 Å². The summed E-state index contributed by atoms with van der Waals surface area (Å²) < 4.78 is 22.1. The van der Waals surface area contributed by atoms with Gasteiger partial charge < -0.3 is 0 Å². The number of hydrogen-bond acceptors (Lipinski definition) is 6. The van der Waals surface area contributed by atoms with Crippen molar-refractivity contribution in [2.24, 2.45) is 5.92 Å². The number of pyridine rings is 2. The van der Waals surface area contributed by atoms with E-state index >= 15 is 4.39 Å². The highest BCUT2D eigenvalue weighted by Gasteiger charge is 2.34. The summed E-state index contributed by atoms with van der Waals surface area (Å²) >= 11 is 6.17. The molecule has 0 aliphatic heterocycles. The Morgan fingerprint density at radius 3 is 2.56 bits per heavy atom. The first-order chi connectivity index (χ1) is 19.1. The number of aromatic nitrogens is 8. The first-order valence-electron chi connectivity index (χ1n) is 12.5. The van der Waals surface area contributed by atoms with Gasteiger partial charge >= 0.3 is 0 Å². The van der Waals surface area contributed by atoms with Gasteiger partial charge in [-0.15, -0.1) is 5.10 Å². The molecule has 1 aliphatic rings. The highest BCUT2D eigenvalue weighted by molar-refractivity contribution is 6.31. The van der Waals surface area contributed by atoms with Crippen molar-refractivity contribution in [1.82, 2.24) is 30.0 Å². The van der Waals surface area contributed by atoms with E-state index in [1.807, 2.05) is 53.7 Å². The van der Waals surface area contributed by atoms with Gasteiger partial charge in [0, 0.05) is 39.4 Å². The lowest BCUT2D eigenvalue weighted by atomic mass is 10.0. The molecule has 6 rings (SSSR count). The Balaban J connectivity index is 1.40. The van der Waals surface area contributed by atoms with E-state index in [-0.39, 0.29) is 16.6 Å². The summed E-state index contributed by atoms with van der Waals surface area (Å²) in [5.41, 5.74) is 4.20. The van der Waals surface area contributed by atoms with Crippen LogP contribution >= 0.6 is 11.6 Å². The molecule has 198 valence electrons. The fraction of sp³-hybridized carbons (Fsp3) is 0.259. The smallest absolute Gasteiger partial charge is 0.258 e. The third kappa shape index (κ3) is 4.92. The summed E-state index contributed by atoms with van der Waals surface area (Å²) in [6, 6.07) is 10.8. The van der Waals surface area contributed by atoms with Crippen molar-refractivity contribution in [2.75, 3.05) is 14.2 Å². The van der Waals surface area contributed by atoms with Crippen molar-refractivity contribution in [3.63, 3.8) is 0 Å². The zero-order valence-corrected chi connectivity index (χ0v) is 22.1. The van der Waals surface area contributed by atoms with Gasteiger partial charge in [-0.05, 0) is 46.5 Å². The Kier molecular flexibility index (Phi) is 6.65. The van der Waals surface area contributed by atoms with Crippen LogP contribution in [0.1, 0.15) is 31.0 Å². The van der Waals surface area contributed by atoms with Crippen LogP contribution < -0.4 is 19.1 Å². The molecule has 0 saturated heterocycles. The highest BCUT2D eigenvalue weighted by atomic mass is 35.5. The van der Waals surface area contributed by atoms with Crippen LogP contribution in [0.2, 0.25) is 5.02 Å². The van der Waals surface area contributed by atoms with Crippen LogP contribution in [-0.2, 0) is 0 Å². The molecule has 1 saturated carbocycles. The van der Waals surface area contributed by atoms with E-state index in [9.17, 15) is 0 Å². The molecule has 12 heteroatoms. The molecule has 0 amide bonds. The molecule has 0 spiro atoms. The van der Waals surface area contributed by atoms with Gasteiger partial charge in [0.05, 0.1) is 28.0 Å². The molecule has 0 unspecified atom stereocenters. The zero-order valence-electron chi connectivity index (χ0n) is 21.4. The lowest BCUT2D eigenvalue weighted by molar-refractivity contribution is -0.891. The number of tetrazole rings is 1. The van der Waals surface area contributed by atoms with Crippen molar-refractivity contribution in [1.29, 1.82) is 0 Å². The van der Waals surface area contributed by atoms with E-state index in [4.69, 9.17) is 26.4 Å². The van der Waals surface area contributed by atoms with E-state index in [1.165, 1.54) is 29.9 Å². The maximum atomic E-state index is 15.4. The van der Waals surface area contributed by atoms with Crippen LogP contribution in [0, 0.1) is 11.7 Å². The summed E-state index contributed by atoms with van der Waals surface area (Å²) in [5.74, 6) is 0.0470. The zero-order chi connectivity index (χ0) is 26.9. The summed E-state index contributed by atoms with van der Waals surface area (Å²) in [4.78, 5) is 11.0. The van der Waals surface area contributed by atoms with Crippen LogP contribution in [0.25, 0.3) is 27.9 Å². The molecule has 0 N–H and O–H groups in total. The Hall–Kier alpha value is -4.38. The fourth-order valence-corrected chi connectivity index (χ4v) is 4.91. The topological polar surface area (TPSA) is 87.6 Å². The standard InChI is InChI=1S/C27H26ClFN8O2/c1-38-34-11-9-19(10-12-34)21-14-31-35(15-21)25(13-18-3-4-18)23-7-5-20(16-37(23)39-2)26-24(36-17-30-32-33-36)8-6-22(28)27(26)29/h5-12,14-18,25H,3-4,13H2,1-2H3/q+2/t25-/m1/s1. The van der Waals surface area contributed by atoms with Gasteiger partial charge in [0.15, 0.2) is 5.82 Å². The lowest BCUT2D eigenvalue weighted by Crippen LogP contribution is -2.46. The third-order valence-electron chi connectivity index (χ3n) is 6.96. The normalized spacial score (nSPS) is 13.8. The minimum absolute atomic E-state index is 0.00230. The van der Waals surface area contributed by atoms with Crippen molar-refractivity contribution < 1.29 is 23.5 Å². The van der Waals surface area contributed by atoms with Gasteiger partial charge in [-0.2, -0.15) is 9.78 Å². The molecule has 4 heterocycles. The predicted octanol–water partition coefficient (Wildman–Crippen LogP) is 3.07. The predicted molar refractivity (Wildman–Crippen MR) is 138 cm³/mol. The molecular formula is C27H26ClFN8O2+2. The van der Waals surface area contributed by atoms with Crippen molar-refractivity contribution >= 4 is 11.6 Å². The Labute approximate surface area is 228 Å². The van der Waals surface area contributed by atoms with E-state index in [1.54, 1.807) is 35.9 Å². The first-order valence-corrected chi connectivity index (χ1v) is 12.9. The van der Waals surface area contributed by atoms with Crippen LogP contribution in [0.3, 0.4) is 0 Å². The first kappa shape index (κ1) is 24.9. The minimum atomic E-state index is -0.566. The molecule has 1 atom stereocenters. The average Bonchev–Trinajstić information content (AvgIpc) is 3.39. The minimum Gasteiger partial charge on any atom is -0.275 e. The third-order valence-corrected chi connectivity index (χ3v) is 7.25. The molecule has 0 radical (unpaired) electrons. The van der Waals surface area contributed by atoms with Crippen LogP contribution in [-0.4, -0.2) is 44.2 Å². The van der Waals surface area contributed by atoms with Gasteiger partial charge in [0.1, 0.15) is 26.6 Å². The Morgan fingerprint density at radius 1 is 1.05 bits per heavy atom. The second-order valence-electron chi connectivity index (χ2n) is 9.39. The van der Waals surface area contributed by atoms with Gasteiger partial charge in [-0.3, -0.25) is 14.4 Å². The molecule has 1 fully saturated rings. The fourth-order valence-electron chi connectivity index (χ4n) is 4.75. The maximum absolute atomic E-state index is 15.4. The largest absolute Gasteiger partial charge is 0.275 e. The van der Waals surface area contributed by atoms with Gasteiger partial charge in [0.25, 0.3) is 5.69 Å². The Morgan fingerprint density at radius 2 is 1.87 bits per heavy atom. The number of benzene rings is 1. The van der Waals surface area contributed by atoms with Crippen molar-refractivity contribution in [2.45, 2.75) is 25.3 Å². The van der Waals surface area contributed by atoms with Crippen LogP contribution in [0.4, 0.5) is 4.39 Å². The molecule has 10 nitrogen and oxygen atoms in total. The van der Waals surface area contributed by atoms with Crippen LogP contribution in [0.15, 0.2) is 73.7 Å². The van der Waals surface area contributed by atoms with Gasteiger partial charge in [0.2, 0.25) is 18.6 Å². The van der Waals surface area contributed by atoms with E-state index in [2.05, 4.69) is 15.5 Å². The van der Waals surface area contributed by atoms with E-state index in [0.29, 0.717) is 17.2 Å². The number of rotatable bonds is 9. The van der Waals surface area contributed by atoms with Crippen molar-refractivity contribution in [3.8, 4) is 27.9 Å². The quantitative estimate of drug-likeness (QED) is 0.263. The average molecular weight is 549 g/mol. The number of hydrogen-bond donors (Lipinski definition) is 0. The highest BCUT2D eigenvalue weighted by Crippen LogP contribution is 2.39. The lowest BCUT2D eigenvalue weighted by Gasteiger charge is -2.16. The molecular weight excluding hydrogens is 523 g/mol. The monoisotopic (exact) mass is 548 g/mol. The molecule has 0 bridgehead atoms. The summed E-state index contributed by atoms with van der Waals surface area (Å²) in [7, 11) is 3.20. The number of halogens is 2. The number of nitrogens with zero attached hydrogens (tertiary/aromatic N) is 8. The summed E-state index contributed by atoms with van der Waals surface area (Å²) in [5, 5.41) is 16.0. The van der Waals surface area contributed by atoms with Gasteiger partial charge in [-0.1, -0.05) is 24.4 Å². The van der Waals surface area contributed by atoms with E-state index in [0.717, 1.165) is 23.2 Å². The Bertz CT molecular complexity index is 1600. The second-order valence-corrected chi connectivity index (χ2v) is 9.80. The second kappa shape index (κ2) is 10.4. The van der Waals surface area contributed by atoms with Crippen LogP contribution in [0.5, 0.6) is 0 Å². The van der Waals surface area contributed by atoms with E-state index < -0.39 is 5.82 Å². The molecule has 1 aromatic carbocycles. The molecule has 39 heavy (non-hydrogen) atoms. The summed E-state index contributed by atoms with van der Waals surface area (Å²) in [6.07, 6.45) is 14.1.